The standard InChI is InChI=1S/C18H18N4O3/c19-11-14-1-4-16(5-2-14)25-13-18(23)21-17-6-3-15(12-20-17)22-7-9-24-10-8-22/h1-6,12H,7-10,13H2,(H,20,21,23). The molecule has 0 atom stereocenters. The second kappa shape index (κ2) is 8.13. The van der Waals surface area contributed by atoms with Crippen molar-refractivity contribution in [3.8, 4) is 11.8 Å². The highest BCUT2D eigenvalue weighted by Gasteiger charge is 2.12. The molecule has 3 rings (SSSR count). The molecule has 1 saturated heterocycles. The summed E-state index contributed by atoms with van der Waals surface area (Å²) in [7, 11) is 0. The molecule has 1 aliphatic heterocycles. The third kappa shape index (κ3) is 4.68. The fraction of sp³-hybridized carbons (Fsp3) is 0.278. The molecule has 0 aliphatic carbocycles. The first-order chi connectivity index (χ1) is 12.2. The number of hydrogen-bond acceptors (Lipinski definition) is 6. The monoisotopic (exact) mass is 338 g/mol. The van der Waals surface area contributed by atoms with Crippen LogP contribution in [0.25, 0.3) is 0 Å². The van der Waals surface area contributed by atoms with Crippen LogP contribution in [0.4, 0.5) is 11.5 Å². The number of anilines is 2. The molecule has 1 aromatic heterocycles. The molecule has 1 N–H and O–H groups in total. The molecule has 128 valence electrons. The van der Waals surface area contributed by atoms with Gasteiger partial charge < -0.3 is 19.7 Å². The third-order valence-corrected chi connectivity index (χ3v) is 3.74. The fourth-order valence-corrected chi connectivity index (χ4v) is 2.42. The fourth-order valence-electron chi connectivity index (χ4n) is 2.42. The largest absolute Gasteiger partial charge is 0.484 e. The van der Waals surface area contributed by atoms with Crippen molar-refractivity contribution in [2.45, 2.75) is 0 Å². The number of carbonyl (C=O) groups excluding carboxylic acids is 1. The van der Waals surface area contributed by atoms with Crippen LogP contribution in [0.2, 0.25) is 0 Å². The summed E-state index contributed by atoms with van der Waals surface area (Å²) in [5.74, 6) is 0.714. The Bertz CT molecular complexity index is 747. The molecule has 0 bridgehead atoms. The average molecular weight is 338 g/mol. The second-order valence-corrected chi connectivity index (χ2v) is 5.47. The molecule has 0 unspecified atom stereocenters. The lowest BCUT2D eigenvalue weighted by Gasteiger charge is -2.28. The minimum Gasteiger partial charge on any atom is -0.484 e. The average Bonchev–Trinajstić information content (AvgIpc) is 2.68. The van der Waals surface area contributed by atoms with Crippen LogP contribution in [0, 0.1) is 11.3 Å². The zero-order valence-corrected chi connectivity index (χ0v) is 13.6. The molecular weight excluding hydrogens is 320 g/mol. The van der Waals surface area contributed by atoms with Crippen molar-refractivity contribution in [1.82, 2.24) is 4.98 Å². The van der Waals surface area contributed by atoms with Gasteiger partial charge in [0.2, 0.25) is 0 Å². The van der Waals surface area contributed by atoms with Crippen LogP contribution in [-0.2, 0) is 9.53 Å². The number of morpholine rings is 1. The highest BCUT2D eigenvalue weighted by molar-refractivity contribution is 5.91. The number of pyridine rings is 1. The van der Waals surface area contributed by atoms with Gasteiger partial charge in [-0.1, -0.05) is 0 Å². The van der Waals surface area contributed by atoms with Gasteiger partial charge in [-0.15, -0.1) is 0 Å². The summed E-state index contributed by atoms with van der Waals surface area (Å²) in [6.45, 7) is 2.98. The number of rotatable bonds is 5. The van der Waals surface area contributed by atoms with Gasteiger partial charge in [0.1, 0.15) is 11.6 Å². The van der Waals surface area contributed by atoms with E-state index in [0.29, 0.717) is 30.3 Å². The minimum absolute atomic E-state index is 0.126. The first kappa shape index (κ1) is 16.7. The SMILES string of the molecule is N#Cc1ccc(OCC(=O)Nc2ccc(N3CCOCC3)cn2)cc1. The van der Waals surface area contributed by atoms with Crippen molar-refractivity contribution in [3.63, 3.8) is 0 Å². The molecule has 1 fully saturated rings. The Morgan fingerprint density at radius 1 is 1.24 bits per heavy atom. The minimum atomic E-state index is -0.295. The molecule has 7 heteroatoms. The summed E-state index contributed by atoms with van der Waals surface area (Å²) in [6.07, 6.45) is 1.74. The number of aromatic nitrogens is 1. The van der Waals surface area contributed by atoms with Crippen molar-refractivity contribution in [2.24, 2.45) is 0 Å². The van der Waals surface area contributed by atoms with Crippen molar-refractivity contribution >= 4 is 17.4 Å². The van der Waals surface area contributed by atoms with E-state index in [1.807, 2.05) is 12.1 Å². The van der Waals surface area contributed by atoms with E-state index >= 15 is 0 Å². The van der Waals surface area contributed by atoms with Gasteiger partial charge in [0.15, 0.2) is 6.61 Å². The predicted molar refractivity (Wildman–Crippen MR) is 92.6 cm³/mol. The maximum absolute atomic E-state index is 11.9. The van der Waals surface area contributed by atoms with Crippen molar-refractivity contribution in [3.05, 3.63) is 48.2 Å². The Balaban J connectivity index is 1.49. The smallest absolute Gasteiger partial charge is 0.263 e. The molecule has 0 saturated carbocycles. The van der Waals surface area contributed by atoms with E-state index in [1.54, 1.807) is 36.5 Å². The molecule has 7 nitrogen and oxygen atoms in total. The van der Waals surface area contributed by atoms with E-state index in [4.69, 9.17) is 14.7 Å². The van der Waals surface area contributed by atoms with Crippen molar-refractivity contribution < 1.29 is 14.3 Å². The summed E-state index contributed by atoms with van der Waals surface area (Å²) < 4.78 is 10.7. The third-order valence-electron chi connectivity index (χ3n) is 3.74. The maximum Gasteiger partial charge on any atom is 0.263 e. The summed E-state index contributed by atoms with van der Waals surface area (Å²) in [5, 5.41) is 11.4. The first-order valence-electron chi connectivity index (χ1n) is 7.96. The summed E-state index contributed by atoms with van der Waals surface area (Å²) in [4.78, 5) is 18.4. The topological polar surface area (TPSA) is 87.5 Å². The van der Waals surface area contributed by atoms with Gasteiger partial charge in [-0.2, -0.15) is 5.26 Å². The first-order valence-corrected chi connectivity index (χ1v) is 7.96. The normalized spacial score (nSPS) is 13.8. The zero-order valence-electron chi connectivity index (χ0n) is 13.6. The molecule has 0 spiro atoms. The second-order valence-electron chi connectivity index (χ2n) is 5.47. The lowest BCUT2D eigenvalue weighted by atomic mass is 10.2. The molecule has 2 heterocycles. The van der Waals surface area contributed by atoms with Crippen LogP contribution < -0.4 is 15.0 Å². The Hall–Kier alpha value is -3.11. The molecule has 1 amide bonds. The molecular formula is C18H18N4O3. The highest BCUT2D eigenvalue weighted by Crippen LogP contribution is 2.16. The number of carbonyl (C=O) groups is 1. The summed E-state index contributed by atoms with van der Waals surface area (Å²) in [5.41, 5.74) is 1.55. The Kier molecular flexibility index (Phi) is 5.44. The van der Waals surface area contributed by atoms with Gasteiger partial charge in [0, 0.05) is 13.1 Å². The van der Waals surface area contributed by atoms with Crippen LogP contribution in [0.3, 0.4) is 0 Å². The Labute approximate surface area is 145 Å². The summed E-state index contributed by atoms with van der Waals surface area (Å²) in [6, 6.07) is 12.3. The van der Waals surface area contributed by atoms with E-state index < -0.39 is 0 Å². The summed E-state index contributed by atoms with van der Waals surface area (Å²) >= 11 is 0. The zero-order chi connectivity index (χ0) is 17.5. The number of nitrogens with one attached hydrogen (secondary N) is 1. The number of nitrogens with zero attached hydrogens (tertiary/aromatic N) is 3. The predicted octanol–water partition coefficient (Wildman–Crippen LogP) is 1.81. The number of nitriles is 1. The van der Waals surface area contributed by atoms with Crippen molar-refractivity contribution in [1.29, 1.82) is 5.26 Å². The molecule has 2 aromatic rings. The van der Waals surface area contributed by atoms with Crippen LogP contribution >= 0.6 is 0 Å². The van der Waals surface area contributed by atoms with Crippen molar-refractivity contribution in [2.75, 3.05) is 43.1 Å². The lowest BCUT2D eigenvalue weighted by Crippen LogP contribution is -2.36. The number of hydrogen-bond donors (Lipinski definition) is 1. The molecule has 1 aliphatic rings. The maximum atomic E-state index is 11.9. The van der Waals surface area contributed by atoms with E-state index in [9.17, 15) is 4.79 Å². The van der Waals surface area contributed by atoms with E-state index in [1.165, 1.54) is 0 Å². The molecule has 25 heavy (non-hydrogen) atoms. The van der Waals surface area contributed by atoms with E-state index in [-0.39, 0.29) is 12.5 Å². The van der Waals surface area contributed by atoms with Gasteiger partial charge in [-0.05, 0) is 36.4 Å². The quantitative estimate of drug-likeness (QED) is 0.894. The lowest BCUT2D eigenvalue weighted by molar-refractivity contribution is -0.118. The van der Waals surface area contributed by atoms with Crippen LogP contribution in [0.5, 0.6) is 5.75 Å². The number of amides is 1. The Morgan fingerprint density at radius 2 is 2.00 bits per heavy atom. The number of benzene rings is 1. The van der Waals surface area contributed by atoms with Crippen LogP contribution in [0.1, 0.15) is 5.56 Å². The molecule has 1 aromatic carbocycles. The molecule has 0 radical (unpaired) electrons. The van der Waals surface area contributed by atoms with Gasteiger partial charge in [-0.25, -0.2) is 4.98 Å². The van der Waals surface area contributed by atoms with Gasteiger partial charge in [0.05, 0.1) is 36.7 Å². The van der Waals surface area contributed by atoms with Crippen LogP contribution in [-0.4, -0.2) is 43.8 Å². The van der Waals surface area contributed by atoms with Gasteiger partial charge >= 0.3 is 0 Å². The van der Waals surface area contributed by atoms with Crippen LogP contribution in [0.15, 0.2) is 42.6 Å². The highest BCUT2D eigenvalue weighted by atomic mass is 16.5. The number of ether oxygens (including phenoxy) is 2. The van der Waals surface area contributed by atoms with E-state index in [2.05, 4.69) is 15.2 Å². The van der Waals surface area contributed by atoms with Gasteiger partial charge in [-0.3, -0.25) is 4.79 Å². The Morgan fingerprint density at radius 3 is 2.64 bits per heavy atom. The van der Waals surface area contributed by atoms with E-state index in [0.717, 1.165) is 18.8 Å². The van der Waals surface area contributed by atoms with Gasteiger partial charge in [0.25, 0.3) is 5.91 Å².